The van der Waals surface area contributed by atoms with E-state index in [1.807, 2.05) is 19.9 Å². The Labute approximate surface area is 122 Å². The number of halogens is 1. The summed E-state index contributed by atoms with van der Waals surface area (Å²) >= 11 is 6.21. The molecule has 0 saturated carbocycles. The molecule has 0 aliphatic carbocycles. The largest absolute Gasteiger partial charge is 0.490 e. The number of nitrogens with zero attached hydrogens (tertiary/aromatic N) is 4. The van der Waals surface area contributed by atoms with Gasteiger partial charge in [-0.05, 0) is 31.5 Å². The molecule has 20 heavy (non-hydrogen) atoms. The Morgan fingerprint density at radius 1 is 1.20 bits per heavy atom. The predicted octanol–water partition coefficient (Wildman–Crippen LogP) is 2.61. The predicted molar refractivity (Wildman–Crippen MR) is 76.8 cm³/mol. The van der Waals surface area contributed by atoms with E-state index in [9.17, 15) is 0 Å². The molecule has 0 aliphatic rings. The first-order chi connectivity index (χ1) is 9.74. The van der Waals surface area contributed by atoms with Crippen LogP contribution in [0.2, 0.25) is 5.02 Å². The van der Waals surface area contributed by atoms with Gasteiger partial charge in [0.15, 0.2) is 11.5 Å². The van der Waals surface area contributed by atoms with Crippen LogP contribution in [0.15, 0.2) is 29.9 Å². The summed E-state index contributed by atoms with van der Waals surface area (Å²) in [4.78, 5) is 0. The maximum absolute atomic E-state index is 6.21. The summed E-state index contributed by atoms with van der Waals surface area (Å²) in [6.45, 7) is 4.85. The van der Waals surface area contributed by atoms with E-state index in [4.69, 9.17) is 21.1 Å². The summed E-state index contributed by atoms with van der Waals surface area (Å²) in [7, 11) is 0. The van der Waals surface area contributed by atoms with Gasteiger partial charge in [0, 0.05) is 0 Å². The summed E-state index contributed by atoms with van der Waals surface area (Å²) < 4.78 is 12.5. The van der Waals surface area contributed by atoms with Crippen molar-refractivity contribution in [3.8, 4) is 11.5 Å². The van der Waals surface area contributed by atoms with E-state index in [1.54, 1.807) is 12.3 Å². The number of ether oxygens (including phenoxy) is 2. The number of hydrogen-bond donors (Lipinski definition) is 0. The lowest BCUT2D eigenvalue weighted by Gasteiger charge is -2.13. The fourth-order valence-electron chi connectivity index (χ4n) is 1.60. The second-order valence-corrected chi connectivity index (χ2v) is 4.19. The molecule has 0 saturated heterocycles. The molecule has 0 aliphatic heterocycles. The fraction of sp³-hybridized carbons (Fsp3) is 0.308. The van der Waals surface area contributed by atoms with Crippen molar-refractivity contribution in [1.29, 1.82) is 0 Å². The van der Waals surface area contributed by atoms with Gasteiger partial charge in [-0.25, -0.2) is 4.68 Å². The first-order valence-electron chi connectivity index (χ1n) is 6.22. The van der Waals surface area contributed by atoms with Gasteiger partial charge in [0.1, 0.15) is 12.7 Å². The first-order valence-corrected chi connectivity index (χ1v) is 6.60. The molecule has 106 valence electrons. The zero-order chi connectivity index (χ0) is 14.4. The zero-order valence-electron chi connectivity index (χ0n) is 11.3. The Kier molecular flexibility index (Phi) is 4.95. The van der Waals surface area contributed by atoms with E-state index >= 15 is 0 Å². The van der Waals surface area contributed by atoms with Gasteiger partial charge >= 0.3 is 0 Å². The van der Waals surface area contributed by atoms with Gasteiger partial charge < -0.3 is 9.47 Å². The van der Waals surface area contributed by atoms with Gasteiger partial charge in [0.2, 0.25) is 0 Å². The van der Waals surface area contributed by atoms with E-state index in [1.165, 1.54) is 17.3 Å². The van der Waals surface area contributed by atoms with Crippen LogP contribution in [-0.4, -0.2) is 34.3 Å². The van der Waals surface area contributed by atoms with Gasteiger partial charge in [-0.15, -0.1) is 10.2 Å². The highest BCUT2D eigenvalue weighted by Gasteiger charge is 2.11. The SMILES string of the molecule is CCOc1cc(/C=N\n2cnnc2)cc(Cl)c1OCC. The first kappa shape index (κ1) is 14.3. The molecule has 7 heteroatoms. The highest BCUT2D eigenvalue weighted by molar-refractivity contribution is 6.32. The lowest BCUT2D eigenvalue weighted by molar-refractivity contribution is 0.288. The van der Waals surface area contributed by atoms with Crippen LogP contribution in [0.3, 0.4) is 0 Å². The Hall–Kier alpha value is -2.08. The van der Waals surface area contributed by atoms with E-state index in [0.29, 0.717) is 29.7 Å². The molecular weight excluding hydrogens is 280 g/mol. The second kappa shape index (κ2) is 6.91. The van der Waals surface area contributed by atoms with Crippen molar-refractivity contribution in [2.75, 3.05) is 13.2 Å². The van der Waals surface area contributed by atoms with Gasteiger partial charge in [-0.3, -0.25) is 0 Å². The molecule has 0 atom stereocenters. The van der Waals surface area contributed by atoms with Crippen LogP contribution in [-0.2, 0) is 0 Å². The maximum atomic E-state index is 6.21. The molecule has 0 radical (unpaired) electrons. The van der Waals surface area contributed by atoms with Crippen LogP contribution in [0.4, 0.5) is 0 Å². The molecule has 0 unspecified atom stereocenters. The number of aromatic nitrogens is 3. The topological polar surface area (TPSA) is 61.5 Å². The summed E-state index contributed by atoms with van der Waals surface area (Å²) in [5.74, 6) is 1.16. The van der Waals surface area contributed by atoms with Gasteiger partial charge in [-0.2, -0.15) is 5.10 Å². The minimum absolute atomic E-state index is 0.489. The summed E-state index contributed by atoms with van der Waals surface area (Å²) in [5, 5.41) is 12.0. The highest BCUT2D eigenvalue weighted by Crippen LogP contribution is 2.36. The lowest BCUT2D eigenvalue weighted by atomic mass is 10.2. The quantitative estimate of drug-likeness (QED) is 0.768. The van der Waals surface area contributed by atoms with Crippen LogP contribution < -0.4 is 9.47 Å². The highest BCUT2D eigenvalue weighted by atomic mass is 35.5. The average Bonchev–Trinajstić information content (AvgIpc) is 2.94. The third-order valence-electron chi connectivity index (χ3n) is 2.37. The van der Waals surface area contributed by atoms with Crippen molar-refractivity contribution >= 4 is 17.8 Å². The molecule has 0 bridgehead atoms. The molecule has 1 heterocycles. The maximum Gasteiger partial charge on any atom is 0.179 e. The Bertz CT molecular complexity index is 584. The van der Waals surface area contributed by atoms with Crippen molar-refractivity contribution in [1.82, 2.24) is 14.9 Å². The smallest absolute Gasteiger partial charge is 0.179 e. The Morgan fingerprint density at radius 2 is 1.90 bits per heavy atom. The Balaban J connectivity index is 2.30. The molecule has 1 aromatic carbocycles. The van der Waals surface area contributed by atoms with Crippen molar-refractivity contribution in [3.05, 3.63) is 35.4 Å². The Morgan fingerprint density at radius 3 is 2.55 bits per heavy atom. The average molecular weight is 295 g/mol. The third kappa shape index (κ3) is 3.48. The van der Waals surface area contributed by atoms with Crippen LogP contribution in [0.5, 0.6) is 11.5 Å². The van der Waals surface area contributed by atoms with Crippen LogP contribution in [0, 0.1) is 0 Å². The van der Waals surface area contributed by atoms with E-state index in [0.717, 1.165) is 5.56 Å². The molecule has 0 amide bonds. The molecule has 0 spiro atoms. The number of benzene rings is 1. The third-order valence-corrected chi connectivity index (χ3v) is 2.65. The monoisotopic (exact) mass is 294 g/mol. The minimum atomic E-state index is 0.489. The van der Waals surface area contributed by atoms with E-state index < -0.39 is 0 Å². The molecule has 0 N–H and O–H groups in total. The molecule has 0 fully saturated rings. The van der Waals surface area contributed by atoms with Crippen molar-refractivity contribution < 1.29 is 9.47 Å². The van der Waals surface area contributed by atoms with Crippen LogP contribution in [0.25, 0.3) is 0 Å². The van der Waals surface area contributed by atoms with Crippen molar-refractivity contribution in [2.24, 2.45) is 5.10 Å². The summed E-state index contributed by atoms with van der Waals surface area (Å²) in [5.41, 5.74) is 0.801. The molecular formula is C13H15ClN4O2. The van der Waals surface area contributed by atoms with Gasteiger partial charge in [0.25, 0.3) is 0 Å². The summed E-state index contributed by atoms with van der Waals surface area (Å²) in [6, 6.07) is 3.59. The number of rotatable bonds is 6. The van der Waals surface area contributed by atoms with Crippen LogP contribution >= 0.6 is 11.6 Å². The molecule has 1 aromatic heterocycles. The minimum Gasteiger partial charge on any atom is -0.490 e. The van der Waals surface area contributed by atoms with Crippen molar-refractivity contribution in [3.63, 3.8) is 0 Å². The van der Waals surface area contributed by atoms with Gasteiger partial charge in [-0.1, -0.05) is 11.6 Å². The van der Waals surface area contributed by atoms with Crippen LogP contribution in [0.1, 0.15) is 19.4 Å². The second-order valence-electron chi connectivity index (χ2n) is 3.78. The molecule has 2 rings (SSSR count). The van der Waals surface area contributed by atoms with E-state index in [2.05, 4.69) is 15.3 Å². The normalized spacial score (nSPS) is 10.9. The van der Waals surface area contributed by atoms with E-state index in [-0.39, 0.29) is 0 Å². The summed E-state index contributed by atoms with van der Waals surface area (Å²) in [6.07, 6.45) is 4.64. The molecule has 6 nitrogen and oxygen atoms in total. The van der Waals surface area contributed by atoms with Crippen molar-refractivity contribution in [2.45, 2.75) is 13.8 Å². The fourth-order valence-corrected chi connectivity index (χ4v) is 1.87. The standard InChI is InChI=1S/C13H15ClN4O2/c1-3-19-12-6-10(5-11(14)13(12)20-4-2)7-17-18-8-15-16-9-18/h5-9H,3-4H2,1-2H3/b17-7-. The lowest BCUT2D eigenvalue weighted by Crippen LogP contribution is -2.00. The molecule has 2 aromatic rings. The van der Waals surface area contributed by atoms with Gasteiger partial charge in [0.05, 0.1) is 24.5 Å². The zero-order valence-corrected chi connectivity index (χ0v) is 12.0. The number of hydrogen-bond acceptors (Lipinski definition) is 5.